The highest BCUT2D eigenvalue weighted by Crippen LogP contribution is 2.43. The summed E-state index contributed by atoms with van der Waals surface area (Å²) in [7, 11) is 1.49. The number of phenolic OH excluding ortho intramolecular Hbond substituents is 1. The first-order valence-corrected chi connectivity index (χ1v) is 15.3. The Balaban J connectivity index is 1.48. The van der Waals surface area contributed by atoms with Crippen molar-refractivity contribution in [2.24, 2.45) is 11.8 Å². The third kappa shape index (κ3) is 8.68. The zero-order valence-corrected chi connectivity index (χ0v) is 24.7. The molecular formula is C34H45N3O5. The van der Waals surface area contributed by atoms with Crippen LogP contribution in [0.5, 0.6) is 11.5 Å². The number of carbonyl (C=O) groups is 2. The molecule has 2 atom stereocenters. The number of ether oxygens (including phenoxy) is 1. The lowest BCUT2D eigenvalue weighted by atomic mass is 9.78. The molecule has 42 heavy (non-hydrogen) atoms. The molecule has 0 bridgehead atoms. The van der Waals surface area contributed by atoms with E-state index in [1.165, 1.54) is 39.2 Å². The Morgan fingerprint density at radius 3 is 2.60 bits per heavy atom. The van der Waals surface area contributed by atoms with E-state index in [2.05, 4.69) is 9.97 Å². The number of rotatable bonds is 16. The highest BCUT2D eigenvalue weighted by atomic mass is 16.5. The minimum absolute atomic E-state index is 0.0187. The van der Waals surface area contributed by atoms with Crippen molar-refractivity contribution in [2.45, 2.75) is 83.0 Å². The van der Waals surface area contributed by atoms with Gasteiger partial charge in [0.1, 0.15) is 17.4 Å². The van der Waals surface area contributed by atoms with E-state index in [-0.39, 0.29) is 48.4 Å². The van der Waals surface area contributed by atoms with Crippen LogP contribution in [0, 0.1) is 11.8 Å². The molecule has 1 aromatic carbocycles. The fraction of sp³-hybridized carbons (Fsp3) is 0.500. The van der Waals surface area contributed by atoms with Gasteiger partial charge in [-0.1, -0.05) is 44.6 Å². The Kier molecular flexibility index (Phi) is 11.6. The standard InChI is InChI=1S/C34H45N3O5/c1-42-31-18-24(12-13-29(40)21-28(39)11-5-9-23-7-3-2-4-8-23)17-30(34(31)41)33(25-14-16-37-32(35)20-25)26(22-38)19-27-10-6-15-36-27/h6,10,14-18,20,23,26,33,36,38,41H,2-5,7-9,11-13,19,21-22H2,1H3,(H2,35,37). The number of aryl methyl sites for hydroxylation is 1. The van der Waals surface area contributed by atoms with E-state index in [0.29, 0.717) is 30.6 Å². The Bertz CT molecular complexity index is 1300. The van der Waals surface area contributed by atoms with Gasteiger partial charge in [-0.05, 0) is 72.6 Å². The Hall–Kier alpha value is -3.65. The van der Waals surface area contributed by atoms with E-state index in [9.17, 15) is 19.8 Å². The number of hydrogen-bond donors (Lipinski definition) is 4. The van der Waals surface area contributed by atoms with E-state index in [1.54, 1.807) is 18.3 Å². The Morgan fingerprint density at radius 1 is 1.12 bits per heavy atom. The third-order valence-electron chi connectivity index (χ3n) is 8.61. The molecule has 0 aliphatic heterocycles. The van der Waals surface area contributed by atoms with Gasteiger partial charge >= 0.3 is 0 Å². The van der Waals surface area contributed by atoms with Crippen LogP contribution in [-0.2, 0) is 22.4 Å². The highest BCUT2D eigenvalue weighted by Gasteiger charge is 2.30. The summed E-state index contributed by atoms with van der Waals surface area (Å²) < 4.78 is 5.53. The maximum absolute atomic E-state index is 12.8. The predicted octanol–water partition coefficient (Wildman–Crippen LogP) is 5.90. The zero-order valence-electron chi connectivity index (χ0n) is 24.7. The predicted molar refractivity (Wildman–Crippen MR) is 164 cm³/mol. The van der Waals surface area contributed by atoms with Crippen LogP contribution in [0.1, 0.15) is 92.5 Å². The second-order valence-corrected chi connectivity index (χ2v) is 11.7. The number of aliphatic hydroxyl groups is 1. The van der Waals surface area contributed by atoms with Gasteiger partial charge in [0, 0.05) is 49.0 Å². The molecule has 1 saturated carbocycles. The van der Waals surface area contributed by atoms with Crippen molar-refractivity contribution in [3.05, 3.63) is 71.2 Å². The summed E-state index contributed by atoms with van der Waals surface area (Å²) in [6.45, 7) is -0.140. The van der Waals surface area contributed by atoms with Crippen LogP contribution in [0.3, 0.4) is 0 Å². The van der Waals surface area contributed by atoms with Gasteiger partial charge < -0.3 is 25.7 Å². The molecule has 0 amide bonds. The number of nitrogens with two attached hydrogens (primary N) is 1. The number of nitrogens with zero attached hydrogens (tertiary/aromatic N) is 1. The average molecular weight is 576 g/mol. The number of benzene rings is 1. The number of nitrogens with one attached hydrogen (secondary N) is 1. The molecule has 1 fully saturated rings. The van der Waals surface area contributed by atoms with E-state index >= 15 is 0 Å². The van der Waals surface area contributed by atoms with Crippen LogP contribution in [0.15, 0.2) is 48.8 Å². The van der Waals surface area contributed by atoms with Gasteiger partial charge in [-0.15, -0.1) is 0 Å². The second kappa shape index (κ2) is 15.5. The first kappa shape index (κ1) is 31.3. The molecular weight excluding hydrogens is 530 g/mol. The van der Waals surface area contributed by atoms with Gasteiger partial charge in [0.15, 0.2) is 11.5 Å². The monoisotopic (exact) mass is 575 g/mol. The quantitative estimate of drug-likeness (QED) is 0.156. The zero-order chi connectivity index (χ0) is 29.9. The molecule has 2 aromatic heterocycles. The number of methoxy groups -OCH3 is 1. The lowest BCUT2D eigenvalue weighted by Crippen LogP contribution is -2.22. The van der Waals surface area contributed by atoms with E-state index < -0.39 is 5.92 Å². The largest absolute Gasteiger partial charge is 0.504 e. The van der Waals surface area contributed by atoms with Crippen molar-refractivity contribution in [1.29, 1.82) is 0 Å². The number of anilines is 1. The fourth-order valence-corrected chi connectivity index (χ4v) is 6.40. The highest BCUT2D eigenvalue weighted by molar-refractivity contribution is 5.99. The molecule has 8 nitrogen and oxygen atoms in total. The molecule has 1 aliphatic rings. The van der Waals surface area contributed by atoms with Gasteiger partial charge in [0.25, 0.3) is 0 Å². The number of Topliss-reactive ketones (excluding diaryl/α,β-unsaturated/α-hetero) is 2. The van der Waals surface area contributed by atoms with Gasteiger partial charge in [0.2, 0.25) is 0 Å². The number of aromatic hydroxyl groups is 1. The van der Waals surface area contributed by atoms with Crippen molar-refractivity contribution in [1.82, 2.24) is 9.97 Å². The molecule has 3 aromatic rings. The topological polar surface area (TPSA) is 139 Å². The van der Waals surface area contributed by atoms with Gasteiger partial charge in [0.05, 0.1) is 13.5 Å². The molecule has 1 aliphatic carbocycles. The van der Waals surface area contributed by atoms with Gasteiger partial charge in [-0.2, -0.15) is 0 Å². The molecule has 8 heteroatoms. The van der Waals surface area contributed by atoms with Crippen LogP contribution >= 0.6 is 0 Å². The maximum Gasteiger partial charge on any atom is 0.161 e. The molecule has 2 heterocycles. The Labute approximate surface area is 248 Å². The van der Waals surface area contributed by atoms with Crippen LogP contribution in [0.2, 0.25) is 0 Å². The van der Waals surface area contributed by atoms with Crippen LogP contribution in [0.25, 0.3) is 0 Å². The molecule has 0 saturated heterocycles. The molecule has 5 N–H and O–H groups in total. The fourth-order valence-electron chi connectivity index (χ4n) is 6.40. The Morgan fingerprint density at radius 2 is 1.90 bits per heavy atom. The van der Waals surface area contributed by atoms with Crippen LogP contribution < -0.4 is 10.5 Å². The van der Waals surface area contributed by atoms with Crippen molar-refractivity contribution in [2.75, 3.05) is 19.5 Å². The van der Waals surface area contributed by atoms with Gasteiger partial charge in [-0.25, -0.2) is 4.98 Å². The van der Waals surface area contributed by atoms with Crippen LogP contribution in [-0.4, -0.2) is 45.5 Å². The average Bonchev–Trinajstić information content (AvgIpc) is 3.50. The van der Waals surface area contributed by atoms with E-state index in [4.69, 9.17) is 10.5 Å². The number of carbonyl (C=O) groups excluding carboxylic acids is 2. The number of aromatic nitrogens is 2. The summed E-state index contributed by atoms with van der Waals surface area (Å²) in [6, 6.07) is 11.1. The van der Waals surface area contributed by atoms with Crippen molar-refractivity contribution in [3.63, 3.8) is 0 Å². The summed E-state index contributed by atoms with van der Waals surface area (Å²) in [5.41, 5.74) is 9.18. The summed E-state index contributed by atoms with van der Waals surface area (Å²) >= 11 is 0. The lowest BCUT2D eigenvalue weighted by molar-refractivity contribution is -0.127. The lowest BCUT2D eigenvalue weighted by Gasteiger charge is -2.28. The van der Waals surface area contributed by atoms with Crippen molar-refractivity contribution >= 4 is 17.4 Å². The first-order valence-electron chi connectivity index (χ1n) is 15.3. The number of phenols is 1. The molecule has 0 radical (unpaired) electrons. The minimum atomic E-state index is -0.432. The number of pyridine rings is 1. The third-order valence-corrected chi connectivity index (χ3v) is 8.61. The van der Waals surface area contributed by atoms with Gasteiger partial charge in [-0.3, -0.25) is 9.59 Å². The van der Waals surface area contributed by atoms with E-state index in [0.717, 1.165) is 35.6 Å². The normalized spacial score (nSPS) is 15.3. The first-order chi connectivity index (χ1) is 20.4. The number of hydrogen-bond acceptors (Lipinski definition) is 7. The molecule has 0 spiro atoms. The maximum atomic E-state index is 12.8. The number of aliphatic hydroxyl groups excluding tert-OH is 1. The summed E-state index contributed by atoms with van der Waals surface area (Å²) in [6.07, 6.45) is 13.5. The second-order valence-electron chi connectivity index (χ2n) is 11.7. The van der Waals surface area contributed by atoms with Crippen LogP contribution in [0.4, 0.5) is 5.82 Å². The minimum Gasteiger partial charge on any atom is -0.504 e. The SMILES string of the molecule is COc1cc(CCC(=O)CC(=O)CCCC2CCCCC2)cc(C(c2ccnc(N)c2)C(CO)Cc2ccc[nH]2)c1O. The smallest absolute Gasteiger partial charge is 0.161 e. The van der Waals surface area contributed by atoms with Crippen molar-refractivity contribution in [3.8, 4) is 11.5 Å². The number of aromatic amines is 1. The number of H-pyrrole nitrogens is 1. The molecule has 226 valence electrons. The molecule has 4 rings (SSSR count). The number of nitrogen functional groups attached to an aromatic ring is 1. The molecule has 2 unspecified atom stereocenters. The van der Waals surface area contributed by atoms with E-state index in [1.807, 2.05) is 30.5 Å². The summed E-state index contributed by atoms with van der Waals surface area (Å²) in [5.74, 6) is 0.550. The summed E-state index contributed by atoms with van der Waals surface area (Å²) in [5, 5.41) is 21.8. The summed E-state index contributed by atoms with van der Waals surface area (Å²) in [4.78, 5) is 32.6. The van der Waals surface area contributed by atoms with Crippen molar-refractivity contribution < 1.29 is 24.5 Å². The number of ketones is 2.